The molecule has 3 aliphatic rings. The molecule has 2 amide bonds. The predicted octanol–water partition coefficient (Wildman–Crippen LogP) is 4.96. The summed E-state index contributed by atoms with van der Waals surface area (Å²) in [5.41, 5.74) is -0.625. The Morgan fingerprint density at radius 1 is 0.958 bits per heavy atom. The van der Waals surface area contributed by atoms with E-state index < -0.39 is 33.8 Å². The number of carbonyl (C=O) groups excluding carboxylic acids is 2. The molecule has 2 fully saturated rings. The molecule has 11 nitrogen and oxygen atoms in total. The summed E-state index contributed by atoms with van der Waals surface area (Å²) in [6.45, 7) is 5.30. The Balaban J connectivity index is 1.63. The van der Waals surface area contributed by atoms with Gasteiger partial charge in [-0.15, -0.1) is 0 Å². The number of halogens is 1. The Kier molecular flexibility index (Phi) is 9.01. The van der Waals surface area contributed by atoms with E-state index in [4.69, 9.17) is 30.5 Å². The summed E-state index contributed by atoms with van der Waals surface area (Å²) in [5.74, 6) is -0.213. The lowest BCUT2D eigenvalue weighted by atomic mass is 9.80. The summed E-state index contributed by atoms with van der Waals surface area (Å²) in [4.78, 5) is 32.5. The van der Waals surface area contributed by atoms with E-state index >= 15 is 4.79 Å². The Hall–Kier alpha value is -3.68. The molecule has 13 heteroatoms. The van der Waals surface area contributed by atoms with Crippen LogP contribution >= 0.6 is 11.6 Å². The third-order valence-electron chi connectivity index (χ3n) is 9.20. The smallest absolute Gasteiger partial charge is 0.271 e. The van der Waals surface area contributed by atoms with Gasteiger partial charge >= 0.3 is 0 Å². The van der Waals surface area contributed by atoms with Crippen LogP contribution in [0.25, 0.3) is 0 Å². The molecule has 3 heterocycles. The van der Waals surface area contributed by atoms with Crippen LogP contribution in [-0.2, 0) is 34.6 Å². The van der Waals surface area contributed by atoms with Gasteiger partial charge in [-0.25, -0.2) is 12.7 Å². The minimum atomic E-state index is -4.49. The van der Waals surface area contributed by atoms with E-state index in [-0.39, 0.29) is 21.9 Å². The van der Waals surface area contributed by atoms with Crippen molar-refractivity contribution in [2.24, 2.45) is 5.41 Å². The predicted molar refractivity (Wildman–Crippen MR) is 180 cm³/mol. The number of carbonyl (C=O) groups is 2. The Morgan fingerprint density at radius 3 is 2.27 bits per heavy atom. The van der Waals surface area contributed by atoms with Gasteiger partial charge in [0.05, 0.1) is 44.1 Å². The van der Waals surface area contributed by atoms with Gasteiger partial charge in [-0.05, 0) is 67.4 Å². The van der Waals surface area contributed by atoms with Gasteiger partial charge < -0.3 is 23.8 Å². The van der Waals surface area contributed by atoms with Crippen molar-refractivity contribution in [2.45, 2.75) is 49.5 Å². The number of fused-ring (bicyclic) bond motifs is 1. The molecule has 3 aliphatic heterocycles. The molecule has 0 aliphatic carbocycles. The fraction of sp³-hybridized carbons (Fsp3) is 0.429. The van der Waals surface area contributed by atoms with Crippen LogP contribution in [0.5, 0.6) is 11.5 Å². The van der Waals surface area contributed by atoms with E-state index in [9.17, 15) is 13.2 Å². The third-order valence-corrected chi connectivity index (χ3v) is 11.2. The summed E-state index contributed by atoms with van der Waals surface area (Å²) in [5, 5.41) is 0.292. The summed E-state index contributed by atoms with van der Waals surface area (Å²) < 4.78 is 53.3. The standard InChI is InChI=1S/C35H40ClN3O8S/c1-34(2)20-46-32(47-21-34)22-9-16-30(45-6)27(18-22)35(38-17-7-8-29(38)31(40)37(3)4)26-19-23(36)10-15-28(26)39(33(35)41)48(42,43)25-13-11-24(44-5)12-14-25/h9-16,18-19,29,32H,7-8,17,20-21H2,1-6H3/t29?,35-/m0/s1. The van der Waals surface area contributed by atoms with Crippen LogP contribution in [0.3, 0.4) is 0 Å². The van der Waals surface area contributed by atoms with Gasteiger partial charge in [0.15, 0.2) is 11.8 Å². The van der Waals surface area contributed by atoms with E-state index in [2.05, 4.69) is 0 Å². The lowest BCUT2D eigenvalue weighted by Gasteiger charge is -2.42. The van der Waals surface area contributed by atoms with Crippen molar-refractivity contribution >= 4 is 39.1 Å². The Bertz CT molecular complexity index is 1840. The summed E-state index contributed by atoms with van der Waals surface area (Å²) in [6, 6.07) is 15.1. The van der Waals surface area contributed by atoms with Crippen molar-refractivity contribution in [3.63, 3.8) is 0 Å². The molecule has 0 saturated carbocycles. The van der Waals surface area contributed by atoms with Crippen molar-refractivity contribution in [1.29, 1.82) is 0 Å². The van der Waals surface area contributed by atoms with Gasteiger partial charge in [-0.2, -0.15) is 0 Å². The fourth-order valence-corrected chi connectivity index (χ4v) is 8.53. The third kappa shape index (κ3) is 5.53. The number of anilines is 1. The number of hydrogen-bond donors (Lipinski definition) is 0. The van der Waals surface area contributed by atoms with Crippen LogP contribution in [0, 0.1) is 5.41 Å². The van der Waals surface area contributed by atoms with Crippen LogP contribution < -0.4 is 13.8 Å². The fourth-order valence-electron chi connectivity index (χ4n) is 6.89. The van der Waals surface area contributed by atoms with E-state index in [1.165, 1.54) is 49.5 Å². The number of likely N-dealkylation sites (tertiary alicyclic amines) is 1. The van der Waals surface area contributed by atoms with E-state index in [0.717, 1.165) is 4.31 Å². The molecular formula is C35H40ClN3O8S. The lowest BCUT2D eigenvalue weighted by Crippen LogP contribution is -2.59. The molecule has 0 N–H and O–H groups in total. The molecule has 0 bridgehead atoms. The lowest BCUT2D eigenvalue weighted by molar-refractivity contribution is -0.226. The highest BCUT2D eigenvalue weighted by Crippen LogP contribution is 2.55. The minimum Gasteiger partial charge on any atom is -0.497 e. The van der Waals surface area contributed by atoms with Crippen molar-refractivity contribution in [3.8, 4) is 11.5 Å². The minimum absolute atomic E-state index is 0.108. The van der Waals surface area contributed by atoms with Gasteiger partial charge in [0, 0.05) is 47.8 Å². The quantitative estimate of drug-likeness (QED) is 0.322. The van der Waals surface area contributed by atoms with Crippen molar-refractivity contribution < 1.29 is 37.0 Å². The highest BCUT2D eigenvalue weighted by atomic mass is 35.5. The molecule has 256 valence electrons. The molecule has 1 unspecified atom stereocenters. The molecule has 0 radical (unpaired) electrons. The average Bonchev–Trinajstić information content (AvgIpc) is 3.65. The SMILES string of the molecule is COc1ccc(S(=O)(=O)N2C(=O)[C@](c3cc(C4OCC(C)(C)CO4)ccc3OC)(N3CCCC3C(=O)N(C)C)c3cc(Cl)ccc32)cc1. The van der Waals surface area contributed by atoms with E-state index in [0.29, 0.717) is 65.8 Å². The number of nitrogens with zero attached hydrogens (tertiary/aromatic N) is 3. The maximum absolute atomic E-state index is 15.5. The maximum atomic E-state index is 15.5. The second-order valence-corrected chi connectivity index (χ2v) is 15.5. The summed E-state index contributed by atoms with van der Waals surface area (Å²) >= 11 is 6.65. The number of hydrogen-bond acceptors (Lipinski definition) is 9. The molecule has 3 aromatic rings. The summed E-state index contributed by atoms with van der Waals surface area (Å²) in [6.07, 6.45) is 0.304. The molecule has 0 aromatic heterocycles. The number of likely N-dealkylation sites (N-methyl/N-ethyl adjacent to an activating group) is 1. The first-order valence-electron chi connectivity index (χ1n) is 15.7. The van der Waals surface area contributed by atoms with E-state index in [1.54, 1.807) is 44.4 Å². The first-order valence-corrected chi connectivity index (χ1v) is 17.5. The Morgan fingerprint density at radius 2 is 1.65 bits per heavy atom. The normalized spacial score (nSPS) is 22.9. The van der Waals surface area contributed by atoms with Gasteiger partial charge in [-0.3, -0.25) is 14.5 Å². The summed E-state index contributed by atoms with van der Waals surface area (Å²) in [7, 11) is 1.80. The van der Waals surface area contributed by atoms with Crippen LogP contribution in [0.15, 0.2) is 65.6 Å². The van der Waals surface area contributed by atoms with Crippen LogP contribution in [0.4, 0.5) is 5.69 Å². The van der Waals surface area contributed by atoms with Crippen molar-refractivity contribution in [2.75, 3.05) is 52.4 Å². The highest BCUT2D eigenvalue weighted by Gasteiger charge is 2.63. The second-order valence-electron chi connectivity index (χ2n) is 13.3. The topological polar surface area (TPSA) is 115 Å². The number of amides is 2. The first kappa shape index (κ1) is 34.2. The molecular weight excluding hydrogens is 658 g/mol. The Labute approximate surface area is 286 Å². The van der Waals surface area contributed by atoms with Gasteiger partial charge in [0.1, 0.15) is 11.5 Å². The zero-order valence-corrected chi connectivity index (χ0v) is 29.4. The van der Waals surface area contributed by atoms with Gasteiger partial charge in [-0.1, -0.05) is 31.5 Å². The number of sulfonamides is 1. The van der Waals surface area contributed by atoms with Crippen LogP contribution in [-0.4, -0.2) is 84.1 Å². The van der Waals surface area contributed by atoms with Gasteiger partial charge in [0.25, 0.3) is 15.9 Å². The zero-order chi connectivity index (χ0) is 34.6. The van der Waals surface area contributed by atoms with Crippen LogP contribution in [0.2, 0.25) is 5.02 Å². The van der Waals surface area contributed by atoms with Crippen molar-refractivity contribution in [1.82, 2.24) is 9.80 Å². The number of rotatable bonds is 8. The number of methoxy groups -OCH3 is 2. The number of ether oxygens (including phenoxy) is 4. The number of benzene rings is 3. The molecule has 2 saturated heterocycles. The monoisotopic (exact) mass is 697 g/mol. The van der Waals surface area contributed by atoms with Gasteiger partial charge in [0.2, 0.25) is 5.91 Å². The average molecular weight is 698 g/mol. The molecule has 2 atom stereocenters. The molecule has 3 aromatic carbocycles. The molecule has 0 spiro atoms. The molecule has 48 heavy (non-hydrogen) atoms. The zero-order valence-electron chi connectivity index (χ0n) is 27.9. The molecule has 6 rings (SSSR count). The first-order chi connectivity index (χ1) is 22.8. The van der Waals surface area contributed by atoms with Crippen LogP contribution in [0.1, 0.15) is 49.7 Å². The largest absolute Gasteiger partial charge is 0.497 e. The second kappa shape index (κ2) is 12.6. The van der Waals surface area contributed by atoms with Crippen molar-refractivity contribution in [3.05, 3.63) is 82.4 Å². The highest BCUT2D eigenvalue weighted by molar-refractivity contribution is 7.93. The van der Waals surface area contributed by atoms with E-state index in [1.807, 2.05) is 18.7 Å². The maximum Gasteiger partial charge on any atom is 0.271 e.